The van der Waals surface area contributed by atoms with Crippen LogP contribution in [0.5, 0.6) is 0 Å². The Hall–Kier alpha value is -5.81. The average Bonchev–Trinajstić information content (AvgIpc) is 3.55. The standard InChI is InChI=1S/C37H20N4O/c1-2-8-21(9-3-1)34-35(40-37-27(39-34)12-7-19-38-37)22-15-16-24-26-17-18-31-33-32-25(11-6-14-30(32)42-31)23-10-4-5-13-28(23)41(36(26)33)29(24)20-22/h1-20H. The zero-order valence-corrected chi connectivity index (χ0v) is 22.2. The van der Waals surface area contributed by atoms with Crippen LogP contribution in [0.15, 0.2) is 126 Å². The van der Waals surface area contributed by atoms with Gasteiger partial charge in [-0.05, 0) is 47.9 Å². The number of rotatable bonds is 2. The van der Waals surface area contributed by atoms with E-state index in [9.17, 15) is 0 Å². The Morgan fingerprint density at radius 1 is 0.524 bits per heavy atom. The molecule has 5 heteroatoms. The maximum absolute atomic E-state index is 6.40. The van der Waals surface area contributed by atoms with Crippen LogP contribution >= 0.6 is 0 Å². The number of aromatic nitrogens is 4. The van der Waals surface area contributed by atoms with Crippen LogP contribution < -0.4 is 0 Å². The summed E-state index contributed by atoms with van der Waals surface area (Å²) in [5.74, 6) is 0. The molecule has 0 aliphatic carbocycles. The van der Waals surface area contributed by atoms with E-state index in [2.05, 4.69) is 94.3 Å². The number of hydrogen-bond donors (Lipinski definition) is 0. The highest BCUT2D eigenvalue weighted by Gasteiger charge is 2.22. The molecule has 0 saturated carbocycles. The highest BCUT2D eigenvalue weighted by Crippen LogP contribution is 2.45. The highest BCUT2D eigenvalue weighted by molar-refractivity contribution is 6.31. The second-order valence-corrected chi connectivity index (χ2v) is 10.8. The van der Waals surface area contributed by atoms with E-state index in [1.54, 1.807) is 6.20 Å². The smallest absolute Gasteiger partial charge is 0.178 e. The summed E-state index contributed by atoms with van der Waals surface area (Å²) in [5.41, 5.74) is 10.3. The van der Waals surface area contributed by atoms with Gasteiger partial charge in [0.15, 0.2) is 5.65 Å². The number of furan rings is 1. The summed E-state index contributed by atoms with van der Waals surface area (Å²) in [6, 6.07) is 40.1. The normalized spacial score (nSPS) is 12.3. The molecule has 10 aromatic rings. The molecule has 0 atom stereocenters. The van der Waals surface area contributed by atoms with E-state index in [1.165, 1.54) is 32.4 Å². The van der Waals surface area contributed by atoms with Crippen molar-refractivity contribution in [2.24, 2.45) is 0 Å². The van der Waals surface area contributed by atoms with Gasteiger partial charge < -0.3 is 8.82 Å². The monoisotopic (exact) mass is 536 g/mol. The Kier molecular flexibility index (Phi) is 4.12. The first-order valence-electron chi connectivity index (χ1n) is 14.0. The van der Waals surface area contributed by atoms with Crippen molar-refractivity contribution in [3.8, 4) is 22.5 Å². The van der Waals surface area contributed by atoms with Crippen molar-refractivity contribution >= 4 is 71.2 Å². The van der Waals surface area contributed by atoms with E-state index >= 15 is 0 Å². The molecule has 0 bridgehead atoms. The predicted octanol–water partition coefficient (Wildman–Crippen LogP) is 9.41. The lowest BCUT2D eigenvalue weighted by Gasteiger charge is -2.11. The van der Waals surface area contributed by atoms with Gasteiger partial charge in [0.1, 0.15) is 16.7 Å². The second-order valence-electron chi connectivity index (χ2n) is 10.8. The van der Waals surface area contributed by atoms with Gasteiger partial charge in [-0.2, -0.15) is 0 Å². The first kappa shape index (κ1) is 21.9. The molecule has 5 heterocycles. The van der Waals surface area contributed by atoms with Crippen molar-refractivity contribution in [2.75, 3.05) is 0 Å². The van der Waals surface area contributed by atoms with Crippen LogP contribution in [0.1, 0.15) is 0 Å². The van der Waals surface area contributed by atoms with Crippen LogP contribution in [0.2, 0.25) is 0 Å². The highest BCUT2D eigenvalue weighted by atomic mass is 16.3. The van der Waals surface area contributed by atoms with Gasteiger partial charge in [0.2, 0.25) is 0 Å². The maximum atomic E-state index is 6.40. The molecule has 0 unspecified atom stereocenters. The minimum absolute atomic E-state index is 0.633. The summed E-state index contributed by atoms with van der Waals surface area (Å²) in [6.07, 6.45) is 1.77. The van der Waals surface area contributed by atoms with Crippen molar-refractivity contribution in [1.29, 1.82) is 0 Å². The van der Waals surface area contributed by atoms with Crippen molar-refractivity contribution in [1.82, 2.24) is 19.4 Å². The Morgan fingerprint density at radius 3 is 2.26 bits per heavy atom. The molecule has 5 aromatic carbocycles. The van der Waals surface area contributed by atoms with E-state index < -0.39 is 0 Å². The summed E-state index contributed by atoms with van der Waals surface area (Å²) in [4.78, 5) is 14.7. The van der Waals surface area contributed by atoms with Gasteiger partial charge in [-0.25, -0.2) is 15.0 Å². The summed E-state index contributed by atoms with van der Waals surface area (Å²) in [6.45, 7) is 0. The Balaban J connectivity index is 1.40. The van der Waals surface area contributed by atoms with Crippen LogP contribution in [0.3, 0.4) is 0 Å². The van der Waals surface area contributed by atoms with Gasteiger partial charge in [-0.3, -0.25) is 0 Å². The lowest BCUT2D eigenvalue weighted by molar-refractivity contribution is 0.669. The summed E-state index contributed by atoms with van der Waals surface area (Å²) in [7, 11) is 0. The zero-order chi connectivity index (χ0) is 27.4. The summed E-state index contributed by atoms with van der Waals surface area (Å²) < 4.78 is 8.81. The molecule has 0 fully saturated rings. The predicted molar refractivity (Wildman–Crippen MR) is 170 cm³/mol. The molecule has 0 N–H and O–H groups in total. The quantitative estimate of drug-likeness (QED) is 0.221. The van der Waals surface area contributed by atoms with E-state index in [4.69, 9.17) is 14.4 Å². The number of nitrogens with zero attached hydrogens (tertiary/aromatic N) is 4. The first-order valence-corrected chi connectivity index (χ1v) is 14.0. The van der Waals surface area contributed by atoms with E-state index in [0.717, 1.165) is 55.6 Å². The molecule has 5 aromatic heterocycles. The SMILES string of the molecule is c1ccc(-c2nc3cccnc3nc2-c2ccc3c4ccc5oc6cccc7c8ccccc8n(c3c2)c4c5c67)cc1. The van der Waals surface area contributed by atoms with Gasteiger partial charge in [0.05, 0.1) is 33.3 Å². The molecule has 0 saturated heterocycles. The molecule has 0 aliphatic heterocycles. The van der Waals surface area contributed by atoms with Gasteiger partial charge in [-0.1, -0.05) is 72.8 Å². The van der Waals surface area contributed by atoms with Gasteiger partial charge in [0, 0.05) is 38.9 Å². The number of pyridine rings is 1. The average molecular weight is 537 g/mol. The summed E-state index contributed by atoms with van der Waals surface area (Å²) >= 11 is 0. The molecule has 0 radical (unpaired) electrons. The van der Waals surface area contributed by atoms with Crippen molar-refractivity contribution in [3.63, 3.8) is 0 Å². The fourth-order valence-electron chi connectivity index (χ4n) is 6.82. The fourth-order valence-corrected chi connectivity index (χ4v) is 6.82. The van der Waals surface area contributed by atoms with Crippen LogP contribution in [0.25, 0.3) is 93.7 Å². The molecule has 0 spiro atoms. The number of hydrogen-bond acceptors (Lipinski definition) is 4. The van der Waals surface area contributed by atoms with Crippen LogP contribution in [-0.4, -0.2) is 19.4 Å². The number of benzene rings is 5. The van der Waals surface area contributed by atoms with Gasteiger partial charge in [0.25, 0.3) is 0 Å². The van der Waals surface area contributed by atoms with Gasteiger partial charge >= 0.3 is 0 Å². The second kappa shape index (κ2) is 7.89. The maximum Gasteiger partial charge on any atom is 0.178 e. The minimum Gasteiger partial charge on any atom is -0.456 e. The van der Waals surface area contributed by atoms with E-state index in [1.807, 2.05) is 30.3 Å². The topological polar surface area (TPSA) is 56.2 Å². The van der Waals surface area contributed by atoms with Crippen LogP contribution in [-0.2, 0) is 0 Å². The lowest BCUT2D eigenvalue weighted by atomic mass is 10.0. The molecular formula is C37H20N4O. The third-order valence-electron chi connectivity index (χ3n) is 8.58. The molecule has 0 aliphatic rings. The van der Waals surface area contributed by atoms with Crippen molar-refractivity contribution in [3.05, 3.63) is 121 Å². The number of para-hydroxylation sites is 1. The Morgan fingerprint density at radius 2 is 1.31 bits per heavy atom. The third kappa shape index (κ3) is 2.79. The zero-order valence-electron chi connectivity index (χ0n) is 22.2. The Labute approximate surface area is 238 Å². The molecule has 194 valence electrons. The number of fused-ring (bicyclic) bond motifs is 7. The minimum atomic E-state index is 0.633. The molecule has 10 rings (SSSR count). The first-order chi connectivity index (χ1) is 20.8. The van der Waals surface area contributed by atoms with E-state index in [0.29, 0.717) is 5.65 Å². The van der Waals surface area contributed by atoms with Crippen molar-refractivity contribution in [2.45, 2.75) is 0 Å². The molecule has 42 heavy (non-hydrogen) atoms. The third-order valence-corrected chi connectivity index (χ3v) is 8.58. The van der Waals surface area contributed by atoms with E-state index in [-0.39, 0.29) is 0 Å². The van der Waals surface area contributed by atoms with Crippen LogP contribution in [0, 0.1) is 0 Å². The summed E-state index contributed by atoms with van der Waals surface area (Å²) in [5, 5.41) is 7.10. The Bertz CT molecular complexity index is 2680. The molecular weight excluding hydrogens is 516 g/mol. The lowest BCUT2D eigenvalue weighted by Crippen LogP contribution is -1.97. The molecule has 0 amide bonds. The van der Waals surface area contributed by atoms with Crippen LogP contribution in [0.4, 0.5) is 0 Å². The largest absolute Gasteiger partial charge is 0.456 e. The fraction of sp³-hybridized carbons (Fsp3) is 0. The molecule has 5 nitrogen and oxygen atoms in total. The van der Waals surface area contributed by atoms with Gasteiger partial charge in [-0.15, -0.1) is 0 Å². The van der Waals surface area contributed by atoms with Crippen molar-refractivity contribution < 1.29 is 4.42 Å².